The summed E-state index contributed by atoms with van der Waals surface area (Å²) in [5, 5.41) is 1.22. The van der Waals surface area contributed by atoms with E-state index >= 15 is 0 Å². The van der Waals surface area contributed by atoms with Gasteiger partial charge in [-0.05, 0) is 62.1 Å². The lowest BCUT2D eigenvalue weighted by Crippen LogP contribution is -2.55. The molecule has 4 heterocycles. The summed E-state index contributed by atoms with van der Waals surface area (Å²) in [6.07, 6.45) is 3.41. The first kappa shape index (κ1) is 31.5. The molecule has 0 unspecified atom stereocenters. The van der Waals surface area contributed by atoms with Crippen LogP contribution in [0.1, 0.15) is 43.0 Å². The fraction of sp³-hybridized carbons (Fsp3) is 0.429. The Labute approximate surface area is 274 Å². The summed E-state index contributed by atoms with van der Waals surface area (Å²) in [5.74, 6) is 0.353. The van der Waals surface area contributed by atoms with Crippen LogP contribution in [0.2, 0.25) is 10.0 Å². The van der Waals surface area contributed by atoms with Gasteiger partial charge in [0.2, 0.25) is 11.8 Å². The second-order valence-electron chi connectivity index (χ2n) is 12.3. The van der Waals surface area contributed by atoms with E-state index in [9.17, 15) is 14.4 Å². The highest BCUT2D eigenvalue weighted by Gasteiger charge is 2.34. The van der Waals surface area contributed by atoms with Crippen molar-refractivity contribution in [3.05, 3.63) is 76.3 Å². The minimum atomic E-state index is -0.0140. The molecule has 0 radical (unpaired) electrons. The van der Waals surface area contributed by atoms with E-state index in [1.807, 2.05) is 75.4 Å². The number of hydrogen-bond donors (Lipinski definition) is 0. The molecule has 236 valence electrons. The molecule has 3 aliphatic heterocycles. The Kier molecular flexibility index (Phi) is 9.73. The Balaban J connectivity index is 1.08. The number of nitrogens with zero attached hydrogens (tertiary/aromatic N) is 5. The van der Waals surface area contributed by atoms with Crippen LogP contribution in [0.3, 0.4) is 0 Å². The fourth-order valence-corrected chi connectivity index (χ4v) is 7.25. The van der Waals surface area contributed by atoms with Gasteiger partial charge in [0.15, 0.2) is 0 Å². The highest BCUT2D eigenvalue weighted by Crippen LogP contribution is 2.29. The molecule has 6 rings (SSSR count). The maximum absolute atomic E-state index is 13.9. The molecule has 10 heteroatoms. The number of amides is 3. The number of rotatable bonds is 5. The number of hydrogen-bond acceptors (Lipinski definition) is 5. The smallest absolute Gasteiger partial charge is 0.254 e. The van der Waals surface area contributed by atoms with Gasteiger partial charge in [0.1, 0.15) is 0 Å². The number of halogens is 2. The van der Waals surface area contributed by atoms with E-state index in [4.69, 9.17) is 28.2 Å². The summed E-state index contributed by atoms with van der Waals surface area (Å²) in [4.78, 5) is 51.8. The Morgan fingerprint density at radius 3 is 1.71 bits per heavy atom. The van der Waals surface area contributed by atoms with Gasteiger partial charge in [0.25, 0.3) is 5.91 Å². The number of aromatic nitrogens is 1. The van der Waals surface area contributed by atoms with Crippen molar-refractivity contribution in [2.24, 2.45) is 5.92 Å². The monoisotopic (exact) mass is 647 g/mol. The van der Waals surface area contributed by atoms with Crippen LogP contribution in [-0.2, 0) is 9.59 Å². The largest absolute Gasteiger partial charge is 0.343 e. The third kappa shape index (κ3) is 7.35. The van der Waals surface area contributed by atoms with E-state index in [0.717, 1.165) is 63.0 Å². The molecular weight excluding hydrogens is 609 g/mol. The van der Waals surface area contributed by atoms with Crippen LogP contribution in [0.5, 0.6) is 0 Å². The maximum atomic E-state index is 13.9. The molecular formula is C35H39Cl2N5O3. The molecule has 2 aromatic carbocycles. The predicted molar refractivity (Wildman–Crippen MR) is 177 cm³/mol. The molecule has 3 fully saturated rings. The van der Waals surface area contributed by atoms with E-state index in [2.05, 4.69) is 4.90 Å². The molecule has 3 saturated heterocycles. The normalized spacial score (nSPS) is 18.7. The molecule has 3 amide bonds. The van der Waals surface area contributed by atoms with Crippen LogP contribution in [0.4, 0.5) is 0 Å². The number of piperazine rings is 1. The molecule has 0 bridgehead atoms. The average Bonchev–Trinajstić information content (AvgIpc) is 3.07. The van der Waals surface area contributed by atoms with Gasteiger partial charge < -0.3 is 14.7 Å². The average molecular weight is 649 g/mol. The molecule has 3 aliphatic rings. The third-order valence-electron chi connectivity index (χ3n) is 9.50. The van der Waals surface area contributed by atoms with Crippen molar-refractivity contribution in [3.63, 3.8) is 0 Å². The van der Waals surface area contributed by atoms with Gasteiger partial charge in [-0.2, -0.15) is 0 Å². The maximum Gasteiger partial charge on any atom is 0.254 e. The summed E-state index contributed by atoms with van der Waals surface area (Å²) >= 11 is 12.6. The number of carbonyl (C=O) groups is 3. The Hall–Kier alpha value is -3.46. The predicted octanol–water partition coefficient (Wildman–Crippen LogP) is 5.73. The Bertz CT molecular complexity index is 1490. The second-order valence-corrected chi connectivity index (χ2v) is 13.2. The summed E-state index contributed by atoms with van der Waals surface area (Å²) in [6.45, 7) is 7.39. The van der Waals surface area contributed by atoms with E-state index < -0.39 is 0 Å². The topological polar surface area (TPSA) is 77.1 Å². The van der Waals surface area contributed by atoms with Crippen molar-refractivity contribution >= 4 is 40.9 Å². The SMILES string of the molecule is CC(=O)N1CCC(C(=O)N2CCC(N3CCN(C(=O)c4cc(-c5cccc(Cl)c5)nc(-c5cccc(Cl)c5)c4)CC3)CC2)CC1. The van der Waals surface area contributed by atoms with Gasteiger partial charge in [0, 0.05) is 98.0 Å². The van der Waals surface area contributed by atoms with Gasteiger partial charge in [-0.3, -0.25) is 19.3 Å². The first-order valence-electron chi connectivity index (χ1n) is 15.9. The molecule has 8 nitrogen and oxygen atoms in total. The van der Waals surface area contributed by atoms with Crippen molar-refractivity contribution in [2.45, 2.75) is 38.6 Å². The molecule has 45 heavy (non-hydrogen) atoms. The summed E-state index contributed by atoms with van der Waals surface area (Å²) < 4.78 is 0. The van der Waals surface area contributed by atoms with E-state index in [0.29, 0.717) is 59.2 Å². The zero-order valence-electron chi connectivity index (χ0n) is 25.6. The zero-order chi connectivity index (χ0) is 31.5. The van der Waals surface area contributed by atoms with Crippen LogP contribution in [0, 0.1) is 5.92 Å². The van der Waals surface area contributed by atoms with Crippen LogP contribution in [0.15, 0.2) is 60.7 Å². The van der Waals surface area contributed by atoms with Crippen molar-refractivity contribution in [2.75, 3.05) is 52.4 Å². The van der Waals surface area contributed by atoms with E-state index in [1.54, 1.807) is 6.92 Å². The molecule has 1 aromatic heterocycles. The van der Waals surface area contributed by atoms with E-state index in [-0.39, 0.29) is 23.6 Å². The summed E-state index contributed by atoms with van der Waals surface area (Å²) in [7, 11) is 0. The van der Waals surface area contributed by atoms with Gasteiger partial charge in [-0.15, -0.1) is 0 Å². The second kappa shape index (κ2) is 13.9. The van der Waals surface area contributed by atoms with Gasteiger partial charge >= 0.3 is 0 Å². The van der Waals surface area contributed by atoms with Gasteiger partial charge in [0.05, 0.1) is 11.4 Å². The summed E-state index contributed by atoms with van der Waals surface area (Å²) in [5.41, 5.74) is 3.64. The van der Waals surface area contributed by atoms with Crippen LogP contribution in [-0.4, -0.2) is 101 Å². The number of likely N-dealkylation sites (tertiary alicyclic amines) is 2. The Morgan fingerprint density at radius 1 is 0.667 bits per heavy atom. The van der Waals surface area contributed by atoms with Crippen LogP contribution >= 0.6 is 23.2 Å². The minimum Gasteiger partial charge on any atom is -0.343 e. The molecule has 0 aliphatic carbocycles. The molecule has 0 atom stereocenters. The lowest BCUT2D eigenvalue weighted by Gasteiger charge is -2.43. The highest BCUT2D eigenvalue weighted by molar-refractivity contribution is 6.31. The van der Waals surface area contributed by atoms with Gasteiger partial charge in [-0.25, -0.2) is 4.98 Å². The van der Waals surface area contributed by atoms with E-state index in [1.165, 1.54) is 0 Å². The first-order chi connectivity index (χ1) is 21.7. The Morgan fingerprint density at radius 2 is 1.20 bits per heavy atom. The van der Waals surface area contributed by atoms with Crippen molar-refractivity contribution in [1.82, 2.24) is 24.6 Å². The molecule has 0 saturated carbocycles. The quantitative estimate of drug-likeness (QED) is 0.354. The third-order valence-corrected chi connectivity index (χ3v) is 9.97. The molecule has 0 spiro atoms. The standard InChI is InChI=1S/C35H39Cl2N5O3/c1-24(43)39-12-8-25(9-13-39)34(44)41-14-10-31(11-15-41)40-16-18-42(19-17-40)35(45)28-22-32(26-4-2-6-29(36)20-26)38-33(23-28)27-5-3-7-30(37)21-27/h2-7,20-23,25,31H,8-19H2,1H3. The highest BCUT2D eigenvalue weighted by atomic mass is 35.5. The number of carbonyl (C=O) groups excluding carboxylic acids is 3. The van der Waals surface area contributed by atoms with Gasteiger partial charge in [-0.1, -0.05) is 47.5 Å². The number of benzene rings is 2. The lowest BCUT2D eigenvalue weighted by atomic mass is 9.93. The van der Waals surface area contributed by atoms with Crippen molar-refractivity contribution < 1.29 is 14.4 Å². The zero-order valence-corrected chi connectivity index (χ0v) is 27.1. The van der Waals surface area contributed by atoms with Crippen LogP contribution in [0.25, 0.3) is 22.5 Å². The summed E-state index contributed by atoms with van der Waals surface area (Å²) in [6, 6.07) is 19.1. The minimum absolute atomic E-state index is 0.0140. The van der Waals surface area contributed by atoms with Crippen LogP contribution < -0.4 is 0 Å². The number of piperidine rings is 2. The van der Waals surface area contributed by atoms with Crippen molar-refractivity contribution in [1.29, 1.82) is 0 Å². The molecule has 3 aromatic rings. The molecule has 0 N–H and O–H groups in total. The number of pyridine rings is 1. The van der Waals surface area contributed by atoms with Crippen molar-refractivity contribution in [3.8, 4) is 22.5 Å². The fourth-order valence-electron chi connectivity index (χ4n) is 6.87. The first-order valence-corrected chi connectivity index (χ1v) is 16.6. The lowest BCUT2D eigenvalue weighted by molar-refractivity contribution is -0.141.